The van der Waals surface area contributed by atoms with Crippen molar-refractivity contribution in [1.82, 2.24) is 0 Å². The first-order valence-corrected chi connectivity index (χ1v) is 8.49. The van der Waals surface area contributed by atoms with Gasteiger partial charge in [0.05, 0.1) is 5.60 Å². The number of methoxy groups -OCH3 is 1. The van der Waals surface area contributed by atoms with Crippen LogP contribution >= 0.6 is 0 Å². The van der Waals surface area contributed by atoms with Gasteiger partial charge in [-0.15, -0.1) is 6.58 Å². The minimum atomic E-state index is -0.204. The van der Waals surface area contributed by atoms with Crippen molar-refractivity contribution in [2.24, 2.45) is 0 Å². The minimum absolute atomic E-state index is 0.204. The van der Waals surface area contributed by atoms with Crippen LogP contribution in [-0.4, -0.2) is 12.7 Å². The Bertz CT molecular complexity index is 371. The second-order valence-electron chi connectivity index (χ2n) is 6.01. The van der Waals surface area contributed by atoms with E-state index in [2.05, 4.69) is 43.8 Å². The smallest absolute Gasteiger partial charge is 0.0896 e. The van der Waals surface area contributed by atoms with E-state index in [9.17, 15) is 0 Å². The molecule has 0 aliphatic heterocycles. The van der Waals surface area contributed by atoms with Crippen molar-refractivity contribution >= 4 is 0 Å². The molecule has 0 bridgehead atoms. The lowest BCUT2D eigenvalue weighted by Gasteiger charge is -2.29. The van der Waals surface area contributed by atoms with E-state index in [1.165, 1.54) is 50.5 Å². The Hall–Kier alpha value is -1.08. The molecule has 0 heterocycles. The van der Waals surface area contributed by atoms with Gasteiger partial charge in [0.1, 0.15) is 0 Å². The second kappa shape index (κ2) is 10.6. The van der Waals surface area contributed by atoms with E-state index in [0.29, 0.717) is 0 Å². The summed E-state index contributed by atoms with van der Waals surface area (Å²) in [6, 6.07) is 10.6. The normalized spacial score (nSPS) is 13.8. The zero-order valence-electron chi connectivity index (χ0n) is 13.9. The molecule has 0 aliphatic carbocycles. The van der Waals surface area contributed by atoms with Gasteiger partial charge >= 0.3 is 0 Å². The summed E-state index contributed by atoms with van der Waals surface area (Å²) >= 11 is 0. The minimum Gasteiger partial charge on any atom is -0.374 e. The van der Waals surface area contributed by atoms with Crippen molar-refractivity contribution < 1.29 is 4.74 Å². The number of rotatable bonds is 12. The van der Waals surface area contributed by atoms with E-state index in [1.807, 2.05) is 13.2 Å². The van der Waals surface area contributed by atoms with Gasteiger partial charge in [-0.1, -0.05) is 88.3 Å². The number of ether oxygens (including phenoxy) is 1. The van der Waals surface area contributed by atoms with Gasteiger partial charge in [0, 0.05) is 13.5 Å². The molecule has 21 heavy (non-hydrogen) atoms. The van der Waals surface area contributed by atoms with Crippen LogP contribution in [0, 0.1) is 0 Å². The largest absolute Gasteiger partial charge is 0.374 e. The summed E-state index contributed by atoms with van der Waals surface area (Å²) in [7, 11) is 1.81. The van der Waals surface area contributed by atoms with Crippen molar-refractivity contribution in [2.45, 2.75) is 70.3 Å². The third-order valence-corrected chi connectivity index (χ3v) is 4.33. The quantitative estimate of drug-likeness (QED) is 0.341. The summed E-state index contributed by atoms with van der Waals surface area (Å²) < 4.78 is 5.82. The maximum absolute atomic E-state index is 5.82. The Kier molecular flexibility index (Phi) is 9.09. The molecule has 1 aromatic rings. The van der Waals surface area contributed by atoms with E-state index in [4.69, 9.17) is 4.74 Å². The van der Waals surface area contributed by atoms with Gasteiger partial charge in [0.2, 0.25) is 0 Å². The molecule has 0 fully saturated rings. The molecule has 1 aromatic carbocycles. The molecule has 0 aromatic heterocycles. The first-order chi connectivity index (χ1) is 10.3. The molecule has 0 aliphatic rings. The lowest BCUT2D eigenvalue weighted by Crippen LogP contribution is -2.31. The molecule has 0 amide bonds. The van der Waals surface area contributed by atoms with Gasteiger partial charge in [-0.3, -0.25) is 0 Å². The average molecular weight is 288 g/mol. The number of unbranched alkanes of at least 4 members (excludes halogenated alkanes) is 6. The van der Waals surface area contributed by atoms with Crippen LogP contribution in [0.5, 0.6) is 0 Å². The fourth-order valence-corrected chi connectivity index (χ4v) is 2.84. The third-order valence-electron chi connectivity index (χ3n) is 4.33. The Morgan fingerprint density at radius 2 is 1.62 bits per heavy atom. The zero-order valence-corrected chi connectivity index (χ0v) is 13.9. The molecule has 0 N–H and O–H groups in total. The predicted octanol–water partition coefficient (Wildman–Crippen LogP) is 5.94. The topological polar surface area (TPSA) is 9.23 Å². The van der Waals surface area contributed by atoms with Crippen LogP contribution in [-0.2, 0) is 11.2 Å². The van der Waals surface area contributed by atoms with Crippen molar-refractivity contribution in [3.05, 3.63) is 48.6 Å². The van der Waals surface area contributed by atoms with Gasteiger partial charge in [-0.05, 0) is 12.0 Å². The van der Waals surface area contributed by atoms with Crippen LogP contribution in [0.25, 0.3) is 0 Å². The summed E-state index contributed by atoms with van der Waals surface area (Å²) in [5.74, 6) is 0. The Morgan fingerprint density at radius 3 is 2.19 bits per heavy atom. The lowest BCUT2D eigenvalue weighted by atomic mass is 9.88. The third kappa shape index (κ3) is 6.95. The standard InChI is InChI=1S/C20H32O/c1-4-6-7-8-9-10-14-17-20(5-2,21-3)18-19-15-12-11-13-16-19/h5,11-13,15-16H,2,4,6-10,14,17-18H2,1,3H3. The van der Waals surface area contributed by atoms with Crippen molar-refractivity contribution in [3.63, 3.8) is 0 Å². The summed E-state index contributed by atoms with van der Waals surface area (Å²) in [6.45, 7) is 6.28. The molecule has 118 valence electrons. The molecule has 1 atom stereocenters. The number of hydrogen-bond donors (Lipinski definition) is 0. The molecule has 0 radical (unpaired) electrons. The van der Waals surface area contributed by atoms with Gasteiger partial charge in [-0.2, -0.15) is 0 Å². The van der Waals surface area contributed by atoms with Crippen LogP contribution in [0.2, 0.25) is 0 Å². The van der Waals surface area contributed by atoms with Crippen LogP contribution in [0.4, 0.5) is 0 Å². The highest BCUT2D eigenvalue weighted by atomic mass is 16.5. The summed E-state index contributed by atoms with van der Waals surface area (Å²) in [5, 5.41) is 0. The summed E-state index contributed by atoms with van der Waals surface area (Å²) in [4.78, 5) is 0. The van der Waals surface area contributed by atoms with E-state index < -0.39 is 0 Å². The fraction of sp³-hybridized carbons (Fsp3) is 0.600. The summed E-state index contributed by atoms with van der Waals surface area (Å²) in [5.41, 5.74) is 1.12. The molecule has 1 heteroatoms. The highest BCUT2D eigenvalue weighted by Crippen LogP contribution is 2.26. The molecular formula is C20H32O. The molecule has 0 saturated heterocycles. The zero-order chi connectivity index (χ0) is 15.4. The van der Waals surface area contributed by atoms with E-state index >= 15 is 0 Å². The van der Waals surface area contributed by atoms with E-state index in [-0.39, 0.29) is 5.60 Å². The highest BCUT2D eigenvalue weighted by Gasteiger charge is 2.25. The fourth-order valence-electron chi connectivity index (χ4n) is 2.84. The Labute approximate surface area is 131 Å². The Balaban J connectivity index is 2.36. The van der Waals surface area contributed by atoms with Crippen LogP contribution in [0.1, 0.15) is 63.9 Å². The lowest BCUT2D eigenvalue weighted by molar-refractivity contribution is 0.0234. The van der Waals surface area contributed by atoms with Crippen molar-refractivity contribution in [3.8, 4) is 0 Å². The van der Waals surface area contributed by atoms with Gasteiger partial charge in [0.25, 0.3) is 0 Å². The maximum Gasteiger partial charge on any atom is 0.0896 e. The van der Waals surface area contributed by atoms with E-state index in [0.717, 1.165) is 12.8 Å². The molecule has 0 saturated carbocycles. The molecule has 1 rings (SSSR count). The van der Waals surface area contributed by atoms with Crippen LogP contribution in [0.15, 0.2) is 43.0 Å². The molecular weight excluding hydrogens is 256 g/mol. The van der Waals surface area contributed by atoms with Gasteiger partial charge in [-0.25, -0.2) is 0 Å². The molecule has 0 spiro atoms. The highest BCUT2D eigenvalue weighted by molar-refractivity contribution is 5.19. The van der Waals surface area contributed by atoms with E-state index in [1.54, 1.807) is 0 Å². The molecule has 1 nitrogen and oxygen atoms in total. The van der Waals surface area contributed by atoms with Crippen LogP contribution in [0.3, 0.4) is 0 Å². The predicted molar refractivity (Wildman–Crippen MR) is 92.7 cm³/mol. The SMILES string of the molecule is C=CC(CCCCCCCCC)(Cc1ccccc1)OC. The number of benzene rings is 1. The maximum atomic E-state index is 5.82. The summed E-state index contributed by atoms with van der Waals surface area (Å²) in [6.07, 6.45) is 13.3. The van der Waals surface area contributed by atoms with Gasteiger partial charge in [0.15, 0.2) is 0 Å². The van der Waals surface area contributed by atoms with Crippen molar-refractivity contribution in [1.29, 1.82) is 0 Å². The first-order valence-electron chi connectivity index (χ1n) is 8.49. The van der Waals surface area contributed by atoms with Crippen LogP contribution < -0.4 is 0 Å². The van der Waals surface area contributed by atoms with Crippen molar-refractivity contribution in [2.75, 3.05) is 7.11 Å². The second-order valence-corrected chi connectivity index (χ2v) is 6.01. The Morgan fingerprint density at radius 1 is 1.00 bits per heavy atom. The molecule has 1 unspecified atom stereocenters. The number of hydrogen-bond acceptors (Lipinski definition) is 1. The first kappa shape index (κ1) is 18.0. The monoisotopic (exact) mass is 288 g/mol. The van der Waals surface area contributed by atoms with Gasteiger partial charge < -0.3 is 4.74 Å². The average Bonchev–Trinajstić information content (AvgIpc) is 2.54.